The van der Waals surface area contributed by atoms with Crippen molar-refractivity contribution in [3.63, 3.8) is 0 Å². The molecule has 114 valence electrons. The number of carbonyl (C=O) groups is 2. The molecule has 1 fully saturated rings. The second-order valence-corrected chi connectivity index (χ2v) is 5.62. The summed E-state index contributed by atoms with van der Waals surface area (Å²) < 4.78 is 0. The van der Waals surface area contributed by atoms with Crippen LogP contribution in [0.5, 0.6) is 0 Å². The van der Waals surface area contributed by atoms with Crippen molar-refractivity contribution in [1.82, 2.24) is 15.5 Å². The van der Waals surface area contributed by atoms with E-state index >= 15 is 0 Å². The fourth-order valence-electron chi connectivity index (χ4n) is 2.87. The van der Waals surface area contributed by atoms with E-state index in [9.17, 15) is 9.59 Å². The molecule has 1 aromatic carbocycles. The van der Waals surface area contributed by atoms with Gasteiger partial charge in [-0.25, -0.2) is 4.79 Å². The van der Waals surface area contributed by atoms with Crippen LogP contribution in [0, 0.1) is 5.92 Å². The van der Waals surface area contributed by atoms with Crippen molar-refractivity contribution < 1.29 is 9.59 Å². The second-order valence-electron chi connectivity index (χ2n) is 5.62. The van der Waals surface area contributed by atoms with Crippen LogP contribution in [-0.2, 0) is 4.79 Å². The first-order valence-electron chi connectivity index (χ1n) is 7.43. The van der Waals surface area contributed by atoms with Crippen molar-refractivity contribution in [3.05, 3.63) is 35.9 Å². The van der Waals surface area contributed by atoms with Crippen LogP contribution in [-0.4, -0.2) is 37.0 Å². The van der Waals surface area contributed by atoms with Gasteiger partial charge in [-0.15, -0.1) is 0 Å². The van der Waals surface area contributed by atoms with E-state index in [1.807, 2.05) is 30.3 Å². The Morgan fingerprint density at radius 2 is 2.00 bits per heavy atom. The van der Waals surface area contributed by atoms with E-state index < -0.39 is 12.1 Å². The third-order valence-electron chi connectivity index (χ3n) is 3.88. The highest BCUT2D eigenvalue weighted by molar-refractivity contribution is 5.97. The number of carbonyl (C=O) groups excluding carboxylic acids is 2. The van der Waals surface area contributed by atoms with Crippen LogP contribution in [0.1, 0.15) is 31.4 Å². The van der Waals surface area contributed by atoms with E-state index in [0.29, 0.717) is 5.92 Å². The van der Waals surface area contributed by atoms with Crippen LogP contribution in [0.2, 0.25) is 0 Å². The van der Waals surface area contributed by atoms with E-state index in [0.717, 1.165) is 25.1 Å². The number of urea groups is 1. The van der Waals surface area contributed by atoms with Gasteiger partial charge in [-0.2, -0.15) is 0 Å². The van der Waals surface area contributed by atoms with Crippen LogP contribution in [0.15, 0.2) is 30.3 Å². The number of nitrogens with zero attached hydrogens (tertiary/aromatic N) is 1. The molecular weight excluding hydrogens is 266 g/mol. The zero-order valence-electron chi connectivity index (χ0n) is 12.6. The molecule has 2 N–H and O–H groups in total. The van der Waals surface area contributed by atoms with Crippen LogP contribution in [0.4, 0.5) is 4.79 Å². The van der Waals surface area contributed by atoms with Gasteiger partial charge in [-0.05, 0) is 30.9 Å². The molecule has 1 heterocycles. The molecule has 1 saturated heterocycles. The lowest BCUT2D eigenvalue weighted by molar-refractivity contribution is -0.126. The summed E-state index contributed by atoms with van der Waals surface area (Å²) in [6.45, 7) is 3.96. The molecule has 0 aliphatic carbocycles. The first-order valence-corrected chi connectivity index (χ1v) is 7.43. The average molecular weight is 289 g/mol. The molecule has 0 spiro atoms. The van der Waals surface area contributed by atoms with Crippen LogP contribution in [0.25, 0.3) is 0 Å². The third-order valence-corrected chi connectivity index (χ3v) is 3.88. The largest absolute Gasteiger partial charge is 0.341 e. The highest BCUT2D eigenvalue weighted by Gasteiger charge is 2.31. The summed E-state index contributed by atoms with van der Waals surface area (Å²) in [5, 5.41) is 4.83. The fourth-order valence-corrected chi connectivity index (χ4v) is 2.87. The molecule has 1 aromatic rings. The molecule has 2 unspecified atom stereocenters. The first-order chi connectivity index (χ1) is 10.1. The molecule has 2 rings (SSSR count). The topological polar surface area (TPSA) is 61.4 Å². The SMILES string of the molecule is CNC(=O)NC(=O)C(c1ccccc1)N1CCCC(C)C1. The Balaban J connectivity index is 2.22. The third kappa shape index (κ3) is 4.04. The van der Waals surface area contributed by atoms with E-state index in [-0.39, 0.29) is 5.91 Å². The van der Waals surface area contributed by atoms with Gasteiger partial charge in [0.15, 0.2) is 0 Å². The van der Waals surface area contributed by atoms with Crippen molar-refractivity contribution in [3.8, 4) is 0 Å². The molecule has 0 radical (unpaired) electrons. The van der Waals surface area contributed by atoms with Gasteiger partial charge >= 0.3 is 6.03 Å². The summed E-state index contributed by atoms with van der Waals surface area (Å²) in [5.74, 6) is 0.299. The van der Waals surface area contributed by atoms with Crippen LogP contribution >= 0.6 is 0 Å². The summed E-state index contributed by atoms with van der Waals surface area (Å²) in [7, 11) is 1.50. The van der Waals surface area contributed by atoms with Gasteiger partial charge in [0.05, 0.1) is 0 Å². The number of hydrogen-bond acceptors (Lipinski definition) is 3. The molecule has 0 aromatic heterocycles. The Labute approximate surface area is 125 Å². The molecule has 1 aliphatic rings. The van der Waals surface area contributed by atoms with Gasteiger partial charge in [0, 0.05) is 13.6 Å². The summed E-state index contributed by atoms with van der Waals surface area (Å²) in [5.41, 5.74) is 0.924. The molecule has 1 aliphatic heterocycles. The first kappa shape index (κ1) is 15.5. The molecule has 21 heavy (non-hydrogen) atoms. The zero-order chi connectivity index (χ0) is 15.2. The molecule has 0 bridgehead atoms. The molecule has 3 amide bonds. The van der Waals surface area contributed by atoms with Crippen molar-refractivity contribution in [2.75, 3.05) is 20.1 Å². The quantitative estimate of drug-likeness (QED) is 0.893. The minimum absolute atomic E-state index is 0.269. The summed E-state index contributed by atoms with van der Waals surface area (Å²) >= 11 is 0. The lowest BCUT2D eigenvalue weighted by atomic mass is 9.96. The minimum Gasteiger partial charge on any atom is -0.341 e. The molecule has 0 saturated carbocycles. The maximum atomic E-state index is 12.5. The number of piperidine rings is 1. The Morgan fingerprint density at radius 1 is 1.29 bits per heavy atom. The van der Waals surface area contributed by atoms with Crippen molar-refractivity contribution >= 4 is 11.9 Å². The lowest BCUT2D eigenvalue weighted by Crippen LogP contribution is -2.48. The number of nitrogens with one attached hydrogen (secondary N) is 2. The van der Waals surface area contributed by atoms with E-state index in [1.165, 1.54) is 13.5 Å². The van der Waals surface area contributed by atoms with Crippen molar-refractivity contribution in [2.24, 2.45) is 5.92 Å². The van der Waals surface area contributed by atoms with E-state index in [1.54, 1.807) is 0 Å². The predicted molar refractivity (Wildman–Crippen MR) is 81.8 cm³/mol. The van der Waals surface area contributed by atoms with Crippen LogP contribution < -0.4 is 10.6 Å². The maximum Gasteiger partial charge on any atom is 0.321 e. The number of imide groups is 1. The molecular formula is C16H23N3O2. The van der Waals surface area contributed by atoms with E-state index in [2.05, 4.69) is 22.5 Å². The fraction of sp³-hybridized carbons (Fsp3) is 0.500. The standard InChI is InChI=1S/C16H23N3O2/c1-12-7-6-10-19(11-12)14(13-8-4-3-5-9-13)15(20)18-16(21)17-2/h3-5,8-9,12,14H,6-7,10-11H2,1-2H3,(H2,17,18,20,21). The number of hydrogen-bond donors (Lipinski definition) is 2. The van der Waals surface area contributed by atoms with Gasteiger partial charge in [0.1, 0.15) is 6.04 Å². The monoisotopic (exact) mass is 289 g/mol. The Bertz CT molecular complexity index is 490. The number of benzene rings is 1. The van der Waals surface area contributed by atoms with Crippen molar-refractivity contribution in [1.29, 1.82) is 0 Å². The molecule has 2 atom stereocenters. The van der Waals surface area contributed by atoms with E-state index in [4.69, 9.17) is 0 Å². The maximum absolute atomic E-state index is 12.5. The summed E-state index contributed by atoms with van der Waals surface area (Å²) in [6, 6.07) is 8.76. The van der Waals surface area contributed by atoms with Gasteiger partial charge in [0.2, 0.25) is 5.91 Å². The van der Waals surface area contributed by atoms with Crippen LogP contribution in [0.3, 0.4) is 0 Å². The Kier molecular flexibility index (Phi) is 5.33. The number of rotatable bonds is 3. The van der Waals surface area contributed by atoms with Gasteiger partial charge in [-0.3, -0.25) is 15.0 Å². The summed E-state index contributed by atoms with van der Waals surface area (Å²) in [4.78, 5) is 26.1. The summed E-state index contributed by atoms with van der Waals surface area (Å²) in [6.07, 6.45) is 2.27. The van der Waals surface area contributed by atoms with Crippen molar-refractivity contribution in [2.45, 2.75) is 25.8 Å². The van der Waals surface area contributed by atoms with Gasteiger partial charge in [-0.1, -0.05) is 37.3 Å². The Morgan fingerprint density at radius 3 is 2.62 bits per heavy atom. The molecule has 5 heteroatoms. The van der Waals surface area contributed by atoms with Gasteiger partial charge < -0.3 is 5.32 Å². The van der Waals surface area contributed by atoms with Gasteiger partial charge in [0.25, 0.3) is 0 Å². The molecule has 5 nitrogen and oxygen atoms in total. The second kappa shape index (κ2) is 7.22. The smallest absolute Gasteiger partial charge is 0.321 e. The number of likely N-dealkylation sites (tertiary alicyclic amines) is 1. The minimum atomic E-state index is -0.467. The highest BCUT2D eigenvalue weighted by atomic mass is 16.2. The number of amides is 3. The predicted octanol–water partition coefficient (Wildman–Crippen LogP) is 1.92. The lowest BCUT2D eigenvalue weighted by Gasteiger charge is -2.36. The Hall–Kier alpha value is -1.88. The normalized spacial score (nSPS) is 20.6. The zero-order valence-corrected chi connectivity index (χ0v) is 12.6. The highest BCUT2D eigenvalue weighted by Crippen LogP contribution is 2.27. The average Bonchev–Trinajstić information content (AvgIpc) is 2.48.